The number of anilines is 1. The number of nitrogens with zero attached hydrogens (tertiary/aromatic N) is 2. The van der Waals surface area contributed by atoms with E-state index in [4.69, 9.17) is 5.84 Å². The van der Waals surface area contributed by atoms with Crippen molar-refractivity contribution in [2.45, 2.75) is 20.3 Å². The predicted molar refractivity (Wildman–Crippen MR) is 73.7 cm³/mol. The van der Waals surface area contributed by atoms with Crippen LogP contribution in [0.1, 0.15) is 19.5 Å². The van der Waals surface area contributed by atoms with Crippen molar-refractivity contribution in [1.82, 2.24) is 9.97 Å². The van der Waals surface area contributed by atoms with Crippen LogP contribution in [-0.2, 0) is 6.42 Å². The SMILES string of the molecule is CC(C)Cc1cc(NN)nc(-c2cc(F)cc(F)c2)n1. The molecule has 0 amide bonds. The Labute approximate surface area is 116 Å². The average Bonchev–Trinajstić information content (AvgIpc) is 2.36. The number of hydrazine groups is 1. The summed E-state index contributed by atoms with van der Waals surface area (Å²) < 4.78 is 26.5. The summed E-state index contributed by atoms with van der Waals surface area (Å²) in [4.78, 5) is 8.47. The van der Waals surface area contributed by atoms with Crippen LogP contribution in [0.25, 0.3) is 11.4 Å². The number of rotatable bonds is 4. The molecule has 1 aromatic heterocycles. The van der Waals surface area contributed by atoms with Gasteiger partial charge in [-0.1, -0.05) is 13.8 Å². The normalized spacial score (nSPS) is 10.9. The van der Waals surface area contributed by atoms with Crippen molar-refractivity contribution in [2.24, 2.45) is 11.8 Å². The van der Waals surface area contributed by atoms with Crippen molar-refractivity contribution in [3.05, 3.63) is 41.6 Å². The van der Waals surface area contributed by atoms with Gasteiger partial charge in [0.15, 0.2) is 5.82 Å². The van der Waals surface area contributed by atoms with Crippen molar-refractivity contribution in [2.75, 3.05) is 5.43 Å². The highest BCUT2D eigenvalue weighted by Gasteiger charge is 2.10. The molecule has 0 saturated carbocycles. The van der Waals surface area contributed by atoms with Gasteiger partial charge in [0, 0.05) is 23.4 Å². The fraction of sp³-hybridized carbons (Fsp3) is 0.286. The van der Waals surface area contributed by atoms with Gasteiger partial charge < -0.3 is 5.43 Å². The minimum atomic E-state index is -0.667. The van der Waals surface area contributed by atoms with Crippen molar-refractivity contribution in [3.8, 4) is 11.4 Å². The first-order valence-electron chi connectivity index (χ1n) is 6.29. The van der Waals surface area contributed by atoms with Crippen molar-refractivity contribution < 1.29 is 8.78 Å². The molecule has 2 aromatic rings. The van der Waals surface area contributed by atoms with Crippen LogP contribution >= 0.6 is 0 Å². The first-order chi connectivity index (χ1) is 9.47. The van der Waals surface area contributed by atoms with E-state index in [-0.39, 0.29) is 11.4 Å². The molecule has 0 aliphatic heterocycles. The van der Waals surface area contributed by atoms with Gasteiger partial charge in [-0.25, -0.2) is 24.6 Å². The molecule has 0 fully saturated rings. The minimum Gasteiger partial charge on any atom is -0.308 e. The second-order valence-electron chi connectivity index (χ2n) is 4.97. The molecular weight excluding hydrogens is 262 g/mol. The van der Waals surface area contributed by atoms with Crippen LogP contribution in [0, 0.1) is 17.6 Å². The van der Waals surface area contributed by atoms with Gasteiger partial charge >= 0.3 is 0 Å². The summed E-state index contributed by atoms with van der Waals surface area (Å²) >= 11 is 0. The molecular formula is C14H16F2N4. The van der Waals surface area contributed by atoms with Gasteiger partial charge in [0.1, 0.15) is 17.5 Å². The van der Waals surface area contributed by atoms with Crippen LogP contribution in [0.2, 0.25) is 0 Å². The number of nitrogen functional groups attached to an aromatic ring is 1. The third-order valence-corrected chi connectivity index (χ3v) is 2.67. The van der Waals surface area contributed by atoms with Crippen molar-refractivity contribution in [3.63, 3.8) is 0 Å². The average molecular weight is 278 g/mol. The number of hydrogen-bond donors (Lipinski definition) is 2. The lowest BCUT2D eigenvalue weighted by Gasteiger charge is -2.09. The molecule has 20 heavy (non-hydrogen) atoms. The van der Waals surface area contributed by atoms with Crippen molar-refractivity contribution >= 4 is 5.82 Å². The maximum atomic E-state index is 13.3. The fourth-order valence-electron chi connectivity index (χ4n) is 1.91. The zero-order valence-electron chi connectivity index (χ0n) is 11.3. The summed E-state index contributed by atoms with van der Waals surface area (Å²) in [5, 5.41) is 0. The van der Waals surface area contributed by atoms with Gasteiger partial charge in [0.2, 0.25) is 0 Å². The Morgan fingerprint density at radius 2 is 1.75 bits per heavy atom. The number of aromatic nitrogens is 2. The molecule has 2 rings (SSSR count). The van der Waals surface area contributed by atoms with Crippen LogP contribution in [-0.4, -0.2) is 9.97 Å². The second-order valence-corrected chi connectivity index (χ2v) is 4.97. The molecule has 0 spiro atoms. The van der Waals surface area contributed by atoms with Gasteiger partial charge in [-0.2, -0.15) is 0 Å². The monoisotopic (exact) mass is 278 g/mol. The van der Waals surface area contributed by atoms with E-state index in [2.05, 4.69) is 29.2 Å². The molecule has 0 aliphatic rings. The first kappa shape index (κ1) is 14.3. The largest absolute Gasteiger partial charge is 0.308 e. The van der Waals surface area contributed by atoms with E-state index in [1.807, 2.05) is 0 Å². The van der Waals surface area contributed by atoms with E-state index in [1.165, 1.54) is 12.1 Å². The number of nitrogens with one attached hydrogen (secondary N) is 1. The van der Waals surface area contributed by atoms with E-state index >= 15 is 0 Å². The van der Waals surface area contributed by atoms with E-state index in [0.29, 0.717) is 11.7 Å². The molecule has 0 atom stereocenters. The molecule has 1 heterocycles. The van der Waals surface area contributed by atoms with Gasteiger partial charge in [0.05, 0.1) is 0 Å². The summed E-state index contributed by atoms with van der Waals surface area (Å²) in [6.45, 7) is 4.11. The number of hydrogen-bond acceptors (Lipinski definition) is 4. The van der Waals surface area contributed by atoms with Gasteiger partial charge in [-0.3, -0.25) is 0 Å². The molecule has 0 radical (unpaired) electrons. The van der Waals surface area contributed by atoms with Crippen LogP contribution in [0.15, 0.2) is 24.3 Å². The Morgan fingerprint density at radius 3 is 2.30 bits per heavy atom. The van der Waals surface area contributed by atoms with Crippen LogP contribution < -0.4 is 11.3 Å². The lowest BCUT2D eigenvalue weighted by Crippen LogP contribution is -2.11. The predicted octanol–water partition coefficient (Wildman–Crippen LogP) is 2.91. The Bertz CT molecular complexity index is 594. The second kappa shape index (κ2) is 5.92. The zero-order valence-corrected chi connectivity index (χ0v) is 11.3. The summed E-state index contributed by atoms with van der Waals surface area (Å²) in [6, 6.07) is 4.92. The Balaban J connectivity index is 2.49. The molecule has 0 aliphatic carbocycles. The molecule has 4 nitrogen and oxygen atoms in total. The Morgan fingerprint density at radius 1 is 1.10 bits per heavy atom. The number of halogens is 2. The standard InChI is InChI=1S/C14H16F2N4/c1-8(2)3-12-7-13(20-17)19-14(18-12)9-4-10(15)6-11(16)5-9/h4-8H,3,17H2,1-2H3,(H,18,19,20). The summed E-state index contributed by atoms with van der Waals surface area (Å²) in [6.07, 6.45) is 0.724. The highest BCUT2D eigenvalue weighted by Crippen LogP contribution is 2.21. The quantitative estimate of drug-likeness (QED) is 0.666. The summed E-state index contributed by atoms with van der Waals surface area (Å²) in [5.41, 5.74) is 3.49. The molecule has 3 N–H and O–H groups in total. The third-order valence-electron chi connectivity index (χ3n) is 2.67. The van der Waals surface area contributed by atoms with Crippen LogP contribution in [0.5, 0.6) is 0 Å². The van der Waals surface area contributed by atoms with Gasteiger partial charge in [-0.05, 0) is 24.5 Å². The van der Waals surface area contributed by atoms with Crippen LogP contribution in [0.3, 0.4) is 0 Å². The highest BCUT2D eigenvalue weighted by atomic mass is 19.1. The highest BCUT2D eigenvalue weighted by molar-refractivity contribution is 5.57. The number of benzene rings is 1. The summed E-state index contributed by atoms with van der Waals surface area (Å²) in [5.74, 6) is 5.09. The zero-order chi connectivity index (χ0) is 14.7. The number of nitrogens with two attached hydrogens (primary N) is 1. The van der Waals surface area contributed by atoms with Crippen molar-refractivity contribution in [1.29, 1.82) is 0 Å². The molecule has 0 bridgehead atoms. The summed E-state index contributed by atoms with van der Waals surface area (Å²) in [7, 11) is 0. The lowest BCUT2D eigenvalue weighted by atomic mass is 10.1. The smallest absolute Gasteiger partial charge is 0.162 e. The Kier molecular flexibility index (Phi) is 4.24. The van der Waals surface area contributed by atoms with E-state index < -0.39 is 11.6 Å². The Hall–Kier alpha value is -2.08. The molecule has 1 aromatic carbocycles. The molecule has 106 valence electrons. The maximum absolute atomic E-state index is 13.3. The van der Waals surface area contributed by atoms with E-state index in [9.17, 15) is 8.78 Å². The third kappa shape index (κ3) is 3.48. The molecule has 0 unspecified atom stereocenters. The van der Waals surface area contributed by atoms with Crippen LogP contribution in [0.4, 0.5) is 14.6 Å². The molecule has 0 saturated heterocycles. The maximum Gasteiger partial charge on any atom is 0.162 e. The topological polar surface area (TPSA) is 63.8 Å². The van der Waals surface area contributed by atoms with Gasteiger partial charge in [-0.15, -0.1) is 0 Å². The molecule has 6 heteroatoms. The minimum absolute atomic E-state index is 0.245. The van der Waals surface area contributed by atoms with E-state index in [1.54, 1.807) is 6.07 Å². The fourth-order valence-corrected chi connectivity index (χ4v) is 1.91. The first-order valence-corrected chi connectivity index (χ1v) is 6.29. The van der Waals surface area contributed by atoms with Gasteiger partial charge in [0.25, 0.3) is 0 Å². The lowest BCUT2D eigenvalue weighted by molar-refractivity contribution is 0.583. The van der Waals surface area contributed by atoms with E-state index in [0.717, 1.165) is 18.2 Å².